The van der Waals surface area contributed by atoms with Crippen LogP contribution >= 0.6 is 11.6 Å². The summed E-state index contributed by atoms with van der Waals surface area (Å²) in [5.41, 5.74) is -0.0482. The van der Waals surface area contributed by atoms with E-state index in [2.05, 4.69) is 24.9 Å². The molecule has 4 rings (SSSR count). The summed E-state index contributed by atoms with van der Waals surface area (Å²) < 4.78 is 66.3. The normalized spacial score (nSPS) is 12.4. The van der Waals surface area contributed by atoms with Crippen molar-refractivity contribution in [1.82, 2.24) is 29.5 Å². The van der Waals surface area contributed by atoms with E-state index in [4.69, 9.17) is 11.6 Å². The predicted octanol–water partition coefficient (Wildman–Crippen LogP) is 3.95. The van der Waals surface area contributed by atoms with Crippen molar-refractivity contribution >= 4 is 32.5 Å². The van der Waals surface area contributed by atoms with Gasteiger partial charge >= 0.3 is 6.18 Å². The van der Waals surface area contributed by atoms with Gasteiger partial charge in [0.1, 0.15) is 11.4 Å². The molecule has 32 heavy (non-hydrogen) atoms. The van der Waals surface area contributed by atoms with Crippen molar-refractivity contribution in [3.63, 3.8) is 0 Å². The zero-order valence-corrected chi connectivity index (χ0v) is 18.2. The van der Waals surface area contributed by atoms with E-state index in [1.54, 1.807) is 13.1 Å². The average molecular weight is 483 g/mol. The van der Waals surface area contributed by atoms with Crippen LogP contribution in [0.4, 0.5) is 13.2 Å². The van der Waals surface area contributed by atoms with Gasteiger partial charge in [-0.2, -0.15) is 13.2 Å². The van der Waals surface area contributed by atoms with Gasteiger partial charge in [-0.25, -0.2) is 28.4 Å². The number of hydrogen-bond donors (Lipinski definition) is 0. The molecule has 8 nitrogen and oxygen atoms in total. The van der Waals surface area contributed by atoms with Crippen LogP contribution in [0.3, 0.4) is 0 Å². The quantitative estimate of drug-likeness (QED) is 0.405. The Balaban J connectivity index is 1.95. The van der Waals surface area contributed by atoms with Crippen molar-refractivity contribution in [3.05, 3.63) is 47.8 Å². The third-order valence-electron chi connectivity index (χ3n) is 4.76. The van der Waals surface area contributed by atoms with Crippen molar-refractivity contribution in [2.45, 2.75) is 18.0 Å². The van der Waals surface area contributed by atoms with Crippen molar-refractivity contribution in [2.75, 3.05) is 5.75 Å². The molecule has 0 saturated carbocycles. The van der Waals surface area contributed by atoms with Crippen LogP contribution < -0.4 is 0 Å². The van der Waals surface area contributed by atoms with Crippen LogP contribution in [-0.4, -0.2) is 43.7 Å². The zero-order chi connectivity index (χ0) is 23.3. The molecule has 0 aliphatic carbocycles. The molecule has 0 amide bonds. The Morgan fingerprint density at radius 1 is 1.09 bits per heavy atom. The lowest BCUT2D eigenvalue weighted by Crippen LogP contribution is -2.09. The van der Waals surface area contributed by atoms with Crippen molar-refractivity contribution in [3.8, 4) is 22.8 Å². The Bertz CT molecular complexity index is 1450. The van der Waals surface area contributed by atoms with Gasteiger partial charge in [0.15, 0.2) is 15.7 Å². The summed E-state index contributed by atoms with van der Waals surface area (Å²) in [6, 6.07) is 3.74. The first kappa shape index (κ1) is 22.1. The first-order chi connectivity index (χ1) is 15.0. The molecule has 0 aromatic carbocycles. The number of rotatable bonds is 4. The minimum absolute atomic E-state index is 0.00279. The van der Waals surface area contributed by atoms with E-state index < -0.39 is 21.7 Å². The van der Waals surface area contributed by atoms with Gasteiger partial charge in [-0.3, -0.25) is 4.98 Å². The van der Waals surface area contributed by atoms with Gasteiger partial charge in [-0.05, 0) is 29.8 Å². The molecular formula is C19H14ClF3N6O2S. The molecule has 0 aliphatic rings. The number of imidazole rings is 1. The van der Waals surface area contributed by atoms with Crippen LogP contribution in [0.1, 0.15) is 12.6 Å². The molecular weight excluding hydrogens is 469 g/mol. The van der Waals surface area contributed by atoms with Crippen LogP contribution in [-0.2, 0) is 23.1 Å². The summed E-state index contributed by atoms with van der Waals surface area (Å²) in [7, 11) is -2.25. The van der Waals surface area contributed by atoms with Crippen LogP contribution in [0.2, 0.25) is 5.28 Å². The van der Waals surface area contributed by atoms with E-state index in [0.29, 0.717) is 16.8 Å². The topological polar surface area (TPSA) is 104 Å². The van der Waals surface area contributed by atoms with Gasteiger partial charge in [0.05, 0.1) is 33.6 Å². The fourth-order valence-corrected chi connectivity index (χ4v) is 4.30. The van der Waals surface area contributed by atoms with Crippen LogP contribution in [0, 0.1) is 0 Å². The third kappa shape index (κ3) is 3.91. The largest absolute Gasteiger partial charge is 0.433 e. The highest BCUT2D eigenvalue weighted by molar-refractivity contribution is 7.91. The number of aromatic nitrogens is 6. The molecule has 0 atom stereocenters. The first-order valence-electron chi connectivity index (χ1n) is 9.13. The highest BCUT2D eigenvalue weighted by Crippen LogP contribution is 2.33. The second-order valence-electron chi connectivity index (χ2n) is 6.74. The number of hydrogen-bond acceptors (Lipinski definition) is 7. The lowest BCUT2D eigenvalue weighted by Gasteiger charge is -2.11. The summed E-state index contributed by atoms with van der Waals surface area (Å²) in [5.74, 6) is -0.139. The lowest BCUT2D eigenvalue weighted by molar-refractivity contribution is -0.141. The number of alkyl halides is 3. The van der Waals surface area contributed by atoms with Gasteiger partial charge in [-0.15, -0.1) is 0 Å². The maximum atomic E-state index is 13.0. The standard InChI is InChI=1S/C19H14ClF3N6O2S/c1-3-32(30,31)14-6-10(11-4-5-24-18(20)28-11)8-26-16(14)17-27-12-7-15(19(21,22)23)25-9-13(12)29(17)2/h4-9H,3H2,1-2H3. The van der Waals surface area contributed by atoms with Gasteiger partial charge in [-0.1, -0.05) is 6.92 Å². The molecule has 0 radical (unpaired) electrons. The van der Waals surface area contributed by atoms with Crippen molar-refractivity contribution in [2.24, 2.45) is 7.05 Å². The summed E-state index contributed by atoms with van der Waals surface area (Å²) in [6.07, 6.45) is -0.786. The molecule has 0 spiro atoms. The lowest BCUT2D eigenvalue weighted by atomic mass is 10.2. The maximum Gasteiger partial charge on any atom is 0.433 e. The first-order valence-corrected chi connectivity index (χ1v) is 11.2. The summed E-state index contributed by atoms with van der Waals surface area (Å²) in [5, 5.41) is -0.0187. The number of sulfone groups is 1. The Morgan fingerprint density at radius 2 is 1.84 bits per heavy atom. The minimum atomic E-state index is -4.64. The van der Waals surface area contributed by atoms with Gasteiger partial charge in [0, 0.05) is 25.0 Å². The van der Waals surface area contributed by atoms with E-state index in [1.165, 1.54) is 30.0 Å². The number of aryl methyl sites for hydroxylation is 1. The molecule has 0 saturated heterocycles. The smallest absolute Gasteiger partial charge is 0.324 e. The SMILES string of the molecule is CCS(=O)(=O)c1cc(-c2ccnc(Cl)n2)cnc1-c1nc2cc(C(F)(F)F)ncc2n1C. The van der Waals surface area contributed by atoms with E-state index in [9.17, 15) is 21.6 Å². The van der Waals surface area contributed by atoms with E-state index in [0.717, 1.165) is 12.3 Å². The molecule has 4 aromatic rings. The molecule has 0 N–H and O–H groups in total. The fourth-order valence-electron chi connectivity index (χ4n) is 3.10. The van der Waals surface area contributed by atoms with Crippen LogP contribution in [0.25, 0.3) is 33.8 Å². The van der Waals surface area contributed by atoms with E-state index in [1.807, 2.05) is 0 Å². The number of fused-ring (bicyclic) bond motifs is 1. The average Bonchev–Trinajstić information content (AvgIpc) is 3.08. The van der Waals surface area contributed by atoms with Gasteiger partial charge in [0.25, 0.3) is 0 Å². The molecule has 4 aromatic heterocycles. The Labute approximate surface area is 185 Å². The van der Waals surface area contributed by atoms with Crippen molar-refractivity contribution < 1.29 is 21.6 Å². The third-order valence-corrected chi connectivity index (χ3v) is 6.68. The fraction of sp³-hybridized carbons (Fsp3) is 0.211. The van der Waals surface area contributed by atoms with Gasteiger partial charge in [0.2, 0.25) is 5.28 Å². The van der Waals surface area contributed by atoms with Crippen LogP contribution in [0.15, 0.2) is 41.7 Å². The van der Waals surface area contributed by atoms with E-state index >= 15 is 0 Å². The highest BCUT2D eigenvalue weighted by Gasteiger charge is 2.33. The maximum absolute atomic E-state index is 13.0. The molecule has 0 bridgehead atoms. The number of halogens is 4. The number of nitrogens with zero attached hydrogens (tertiary/aromatic N) is 6. The highest BCUT2D eigenvalue weighted by atomic mass is 35.5. The zero-order valence-electron chi connectivity index (χ0n) is 16.6. The second kappa shape index (κ2) is 7.78. The second-order valence-corrected chi connectivity index (χ2v) is 9.32. The molecule has 0 aliphatic heterocycles. The van der Waals surface area contributed by atoms with Crippen molar-refractivity contribution in [1.29, 1.82) is 0 Å². The van der Waals surface area contributed by atoms with E-state index in [-0.39, 0.29) is 33.0 Å². The summed E-state index contributed by atoms with van der Waals surface area (Å²) >= 11 is 5.83. The minimum Gasteiger partial charge on any atom is -0.324 e. The molecule has 0 fully saturated rings. The molecule has 0 unspecified atom stereocenters. The molecule has 4 heterocycles. The predicted molar refractivity (Wildman–Crippen MR) is 111 cm³/mol. The summed E-state index contributed by atoms with van der Waals surface area (Å²) in [4.78, 5) is 19.7. The Hall–Kier alpha value is -3.12. The van der Waals surface area contributed by atoms with Gasteiger partial charge < -0.3 is 4.57 Å². The Kier molecular flexibility index (Phi) is 5.37. The summed E-state index contributed by atoms with van der Waals surface area (Å²) in [6.45, 7) is 1.47. The molecule has 166 valence electrons. The Morgan fingerprint density at radius 3 is 2.50 bits per heavy atom. The molecule has 13 heteroatoms. The van der Waals surface area contributed by atoms with Crippen LogP contribution in [0.5, 0.6) is 0 Å². The monoisotopic (exact) mass is 482 g/mol. The number of pyridine rings is 2.